The van der Waals surface area contributed by atoms with Gasteiger partial charge in [-0.25, -0.2) is 9.97 Å². The van der Waals surface area contributed by atoms with Crippen LogP contribution in [0.2, 0.25) is 0 Å². The molecule has 1 aromatic rings. The predicted molar refractivity (Wildman–Crippen MR) is 103 cm³/mol. The molecule has 3 aliphatic rings. The summed E-state index contributed by atoms with van der Waals surface area (Å²) in [5.41, 5.74) is 1.53. The lowest BCUT2D eigenvalue weighted by atomic mass is 9.73. The van der Waals surface area contributed by atoms with Crippen LogP contribution in [0, 0.1) is 18.3 Å². The van der Waals surface area contributed by atoms with Gasteiger partial charge in [0.15, 0.2) is 0 Å². The van der Waals surface area contributed by atoms with Gasteiger partial charge in [-0.15, -0.1) is 0 Å². The van der Waals surface area contributed by atoms with E-state index < -0.39 is 0 Å². The van der Waals surface area contributed by atoms with Crippen molar-refractivity contribution in [1.29, 1.82) is 0 Å². The molecular weight excluding hydrogens is 324 g/mol. The summed E-state index contributed by atoms with van der Waals surface area (Å²) in [6, 6.07) is 0. The number of rotatable bonds is 5. The minimum atomic E-state index is 0.253. The summed E-state index contributed by atoms with van der Waals surface area (Å²) >= 11 is 0. The first-order valence-electron chi connectivity index (χ1n) is 10.4. The Balaban J connectivity index is 1.53. The Morgan fingerprint density at radius 3 is 2.88 bits per heavy atom. The number of hydrogen-bond acceptors (Lipinski definition) is 4. The van der Waals surface area contributed by atoms with Crippen LogP contribution in [0.15, 0.2) is 6.20 Å². The maximum absolute atomic E-state index is 12.4. The number of nitrogens with zero attached hydrogens (tertiary/aromatic N) is 4. The monoisotopic (exact) mass is 356 g/mol. The van der Waals surface area contributed by atoms with Crippen LogP contribution >= 0.6 is 0 Å². The molecule has 0 bridgehead atoms. The highest BCUT2D eigenvalue weighted by molar-refractivity contribution is 5.77. The molecule has 5 nitrogen and oxygen atoms in total. The van der Waals surface area contributed by atoms with Gasteiger partial charge in [0.2, 0.25) is 5.91 Å². The Morgan fingerprint density at radius 1 is 1.27 bits per heavy atom. The molecule has 2 aliphatic heterocycles. The quantitative estimate of drug-likeness (QED) is 0.812. The lowest BCUT2D eigenvalue weighted by Gasteiger charge is -2.49. The molecule has 4 rings (SSSR count). The van der Waals surface area contributed by atoms with Gasteiger partial charge in [-0.1, -0.05) is 13.3 Å². The molecule has 0 radical (unpaired) electrons. The van der Waals surface area contributed by atoms with Crippen molar-refractivity contribution < 1.29 is 4.79 Å². The van der Waals surface area contributed by atoms with Crippen LogP contribution in [-0.4, -0.2) is 47.0 Å². The van der Waals surface area contributed by atoms with Crippen molar-refractivity contribution in [3.63, 3.8) is 0 Å². The fourth-order valence-electron chi connectivity index (χ4n) is 4.81. The van der Waals surface area contributed by atoms with E-state index in [0.29, 0.717) is 5.91 Å². The van der Waals surface area contributed by atoms with E-state index in [0.717, 1.165) is 69.4 Å². The topological polar surface area (TPSA) is 49.3 Å². The number of carbonyl (C=O) groups excluding carboxylic acids is 1. The van der Waals surface area contributed by atoms with Crippen LogP contribution < -0.4 is 4.90 Å². The molecule has 2 saturated heterocycles. The fourth-order valence-corrected chi connectivity index (χ4v) is 4.81. The van der Waals surface area contributed by atoms with Gasteiger partial charge in [0.1, 0.15) is 11.6 Å². The number of anilines is 1. The average Bonchev–Trinajstić information content (AvgIpc) is 3.44. The number of aromatic nitrogens is 2. The maximum atomic E-state index is 12.4. The predicted octanol–water partition coefficient (Wildman–Crippen LogP) is 3.36. The summed E-state index contributed by atoms with van der Waals surface area (Å²) in [4.78, 5) is 26.3. The van der Waals surface area contributed by atoms with E-state index in [2.05, 4.69) is 21.7 Å². The summed E-state index contributed by atoms with van der Waals surface area (Å²) in [6.45, 7) is 8.25. The zero-order chi connectivity index (χ0) is 18.1. The van der Waals surface area contributed by atoms with Crippen molar-refractivity contribution >= 4 is 11.7 Å². The minimum absolute atomic E-state index is 0.253. The van der Waals surface area contributed by atoms with Crippen LogP contribution in [-0.2, 0) is 11.2 Å². The van der Waals surface area contributed by atoms with E-state index in [4.69, 9.17) is 4.98 Å². The van der Waals surface area contributed by atoms with Gasteiger partial charge in [-0.2, -0.15) is 0 Å². The fraction of sp³-hybridized carbons (Fsp3) is 0.762. The van der Waals surface area contributed by atoms with Crippen LogP contribution in [0.3, 0.4) is 0 Å². The van der Waals surface area contributed by atoms with E-state index in [-0.39, 0.29) is 5.41 Å². The second kappa shape index (κ2) is 7.16. The lowest BCUT2D eigenvalue weighted by Crippen LogP contribution is -2.54. The van der Waals surface area contributed by atoms with E-state index >= 15 is 0 Å². The number of piperidine rings is 2. The van der Waals surface area contributed by atoms with Crippen molar-refractivity contribution in [2.75, 3.05) is 31.1 Å². The molecule has 1 aromatic heterocycles. The highest BCUT2D eigenvalue weighted by Gasteiger charge is 2.43. The molecule has 0 unspecified atom stereocenters. The Morgan fingerprint density at radius 2 is 2.12 bits per heavy atom. The van der Waals surface area contributed by atoms with Crippen LogP contribution in [0.5, 0.6) is 0 Å². The van der Waals surface area contributed by atoms with Crippen molar-refractivity contribution in [2.45, 2.75) is 65.2 Å². The normalized spacial score (nSPS) is 26.6. The number of carbonyl (C=O) groups is 1. The van der Waals surface area contributed by atoms with Gasteiger partial charge in [0.05, 0.1) is 0 Å². The molecule has 1 atom stereocenters. The average molecular weight is 357 g/mol. The molecular formula is C21H32N4O. The number of hydrogen-bond donors (Lipinski definition) is 0. The zero-order valence-corrected chi connectivity index (χ0v) is 16.3. The third kappa shape index (κ3) is 3.72. The Hall–Kier alpha value is -1.65. The molecule has 1 aliphatic carbocycles. The summed E-state index contributed by atoms with van der Waals surface area (Å²) < 4.78 is 0. The van der Waals surface area contributed by atoms with Crippen LogP contribution in [0.4, 0.5) is 5.82 Å². The Bertz CT molecular complexity index is 672. The van der Waals surface area contributed by atoms with Crippen LogP contribution in [0.1, 0.15) is 63.3 Å². The molecule has 1 saturated carbocycles. The summed E-state index contributed by atoms with van der Waals surface area (Å²) in [5, 5.41) is 0. The molecule has 1 spiro atoms. The highest BCUT2D eigenvalue weighted by atomic mass is 16.2. The molecule has 0 N–H and O–H groups in total. The summed E-state index contributed by atoms with van der Waals surface area (Å²) in [7, 11) is 0. The standard InChI is InChI=1S/C21H32N4O/c1-3-5-18-12-22-16(2)23-20(18)24-11-4-9-21(14-24)10-8-19(26)25(15-21)13-17-6-7-17/h12,17H,3-11,13-15H2,1-2H3/t21-/m0/s1. The van der Waals surface area contributed by atoms with Gasteiger partial charge >= 0.3 is 0 Å². The van der Waals surface area contributed by atoms with E-state index in [1.54, 1.807) is 0 Å². The summed E-state index contributed by atoms with van der Waals surface area (Å²) in [5.74, 6) is 3.15. The third-order valence-corrected chi connectivity index (χ3v) is 6.37. The molecule has 1 amide bonds. The highest BCUT2D eigenvalue weighted by Crippen LogP contribution is 2.42. The van der Waals surface area contributed by atoms with E-state index in [9.17, 15) is 4.79 Å². The first-order valence-corrected chi connectivity index (χ1v) is 10.4. The SMILES string of the molecule is CCCc1cnc(C)nc1N1CCC[C@]2(CCC(=O)N(CC3CC3)C2)C1. The minimum Gasteiger partial charge on any atom is -0.356 e. The van der Waals surface area contributed by atoms with Gasteiger partial charge < -0.3 is 9.80 Å². The Labute approximate surface area is 157 Å². The van der Waals surface area contributed by atoms with E-state index in [1.807, 2.05) is 13.1 Å². The third-order valence-electron chi connectivity index (χ3n) is 6.37. The zero-order valence-electron chi connectivity index (χ0n) is 16.3. The first kappa shape index (κ1) is 17.7. The van der Waals surface area contributed by atoms with Crippen molar-refractivity contribution in [3.05, 3.63) is 17.6 Å². The molecule has 5 heteroatoms. The number of likely N-dealkylation sites (tertiary alicyclic amines) is 1. The van der Waals surface area contributed by atoms with Gasteiger partial charge in [0.25, 0.3) is 0 Å². The maximum Gasteiger partial charge on any atom is 0.222 e. The largest absolute Gasteiger partial charge is 0.356 e. The molecule has 3 heterocycles. The van der Waals surface area contributed by atoms with Gasteiger partial charge in [-0.3, -0.25) is 4.79 Å². The number of amides is 1. The molecule has 0 aromatic carbocycles. The van der Waals surface area contributed by atoms with E-state index in [1.165, 1.54) is 31.2 Å². The second-order valence-corrected chi connectivity index (χ2v) is 8.76. The molecule has 142 valence electrons. The molecule has 26 heavy (non-hydrogen) atoms. The second-order valence-electron chi connectivity index (χ2n) is 8.76. The molecule has 3 fully saturated rings. The lowest BCUT2D eigenvalue weighted by molar-refractivity contribution is -0.138. The number of aryl methyl sites for hydroxylation is 2. The Kier molecular flexibility index (Phi) is 4.89. The van der Waals surface area contributed by atoms with Gasteiger partial charge in [0, 0.05) is 49.8 Å². The van der Waals surface area contributed by atoms with Gasteiger partial charge in [-0.05, 0) is 51.4 Å². The van der Waals surface area contributed by atoms with Crippen molar-refractivity contribution in [3.8, 4) is 0 Å². The first-order chi connectivity index (χ1) is 12.6. The van der Waals surface area contributed by atoms with Crippen molar-refractivity contribution in [2.24, 2.45) is 11.3 Å². The van der Waals surface area contributed by atoms with Crippen molar-refractivity contribution in [1.82, 2.24) is 14.9 Å². The van der Waals surface area contributed by atoms with Crippen LogP contribution in [0.25, 0.3) is 0 Å². The smallest absolute Gasteiger partial charge is 0.222 e. The summed E-state index contributed by atoms with van der Waals surface area (Å²) in [6.07, 6.45) is 11.0.